The number of nitrogens with one attached hydrogen (secondary N) is 2. The van der Waals surface area contributed by atoms with Gasteiger partial charge in [-0.15, -0.1) is 0 Å². The van der Waals surface area contributed by atoms with Crippen molar-refractivity contribution in [3.63, 3.8) is 0 Å². The molecule has 1 heterocycles. The summed E-state index contributed by atoms with van der Waals surface area (Å²) in [5.74, 6) is 1.74. The third-order valence-corrected chi connectivity index (χ3v) is 3.29. The van der Waals surface area contributed by atoms with Crippen molar-refractivity contribution in [1.29, 1.82) is 0 Å². The second-order valence-corrected chi connectivity index (χ2v) is 5.21. The van der Waals surface area contributed by atoms with Crippen LogP contribution in [0.3, 0.4) is 0 Å². The molecular weight excluding hydrogens is 282 g/mol. The third kappa shape index (κ3) is 4.43. The number of aryl methyl sites for hydroxylation is 2. The zero-order valence-corrected chi connectivity index (χ0v) is 13.3. The van der Waals surface area contributed by atoms with Crippen LogP contribution < -0.4 is 10.7 Å². The molecule has 0 saturated heterocycles. The first-order valence-electron chi connectivity index (χ1n) is 6.75. The Hall–Kier alpha value is -2.14. The molecule has 0 bridgehead atoms. The van der Waals surface area contributed by atoms with E-state index >= 15 is 0 Å². The summed E-state index contributed by atoms with van der Waals surface area (Å²) in [6, 6.07) is 12.0. The minimum Gasteiger partial charge on any atom is -0.466 e. The molecule has 0 unspecified atom stereocenters. The van der Waals surface area contributed by atoms with Gasteiger partial charge in [-0.3, -0.25) is 5.43 Å². The van der Waals surface area contributed by atoms with Gasteiger partial charge in [0.05, 0.1) is 5.71 Å². The van der Waals surface area contributed by atoms with Crippen molar-refractivity contribution in [1.82, 2.24) is 10.7 Å². The maximum absolute atomic E-state index is 5.49. The summed E-state index contributed by atoms with van der Waals surface area (Å²) in [4.78, 5) is 0. The van der Waals surface area contributed by atoms with Crippen LogP contribution >= 0.6 is 12.2 Å². The lowest BCUT2D eigenvalue weighted by Gasteiger charge is -2.07. The van der Waals surface area contributed by atoms with E-state index in [1.54, 1.807) is 0 Å². The van der Waals surface area contributed by atoms with E-state index < -0.39 is 0 Å². The topological polar surface area (TPSA) is 49.6 Å². The molecule has 5 heteroatoms. The number of hydrazone groups is 1. The highest BCUT2D eigenvalue weighted by Gasteiger charge is 2.07. The van der Waals surface area contributed by atoms with Crippen molar-refractivity contribution in [3.05, 3.63) is 59.0 Å². The lowest BCUT2D eigenvalue weighted by Crippen LogP contribution is -2.32. The quantitative estimate of drug-likeness (QED) is 0.517. The number of benzene rings is 1. The maximum Gasteiger partial charge on any atom is 0.187 e. The van der Waals surface area contributed by atoms with Crippen LogP contribution in [0.15, 0.2) is 45.9 Å². The zero-order valence-electron chi connectivity index (χ0n) is 12.4. The molecule has 0 radical (unpaired) electrons. The van der Waals surface area contributed by atoms with Crippen molar-refractivity contribution < 1.29 is 4.42 Å². The van der Waals surface area contributed by atoms with Crippen LogP contribution in [-0.4, -0.2) is 10.8 Å². The minimum absolute atomic E-state index is 0.496. The van der Waals surface area contributed by atoms with E-state index in [4.69, 9.17) is 16.6 Å². The Kier molecular flexibility index (Phi) is 5.11. The van der Waals surface area contributed by atoms with Gasteiger partial charge in [-0.05, 0) is 44.6 Å². The van der Waals surface area contributed by atoms with Crippen molar-refractivity contribution in [2.24, 2.45) is 5.10 Å². The summed E-state index contributed by atoms with van der Waals surface area (Å²) in [5, 5.41) is 7.90. The highest BCUT2D eigenvalue weighted by molar-refractivity contribution is 7.80. The predicted octanol–water partition coefficient (Wildman–Crippen LogP) is 3.28. The number of thiocarbonyl (C=S) groups is 1. The van der Waals surface area contributed by atoms with Crippen LogP contribution in [0.2, 0.25) is 0 Å². The van der Waals surface area contributed by atoms with E-state index in [9.17, 15) is 0 Å². The molecule has 0 aliphatic heterocycles. The van der Waals surface area contributed by atoms with Gasteiger partial charge in [-0.1, -0.05) is 30.3 Å². The Morgan fingerprint density at radius 3 is 2.57 bits per heavy atom. The highest BCUT2D eigenvalue weighted by atomic mass is 32.1. The van der Waals surface area contributed by atoms with Crippen LogP contribution in [0.1, 0.15) is 29.6 Å². The fourth-order valence-electron chi connectivity index (χ4n) is 2.00. The fraction of sp³-hybridized carbons (Fsp3) is 0.250. The van der Waals surface area contributed by atoms with Gasteiger partial charge >= 0.3 is 0 Å². The molecule has 0 amide bonds. The number of rotatable bonds is 4. The van der Waals surface area contributed by atoms with Crippen LogP contribution in [0.4, 0.5) is 0 Å². The molecule has 21 heavy (non-hydrogen) atoms. The van der Waals surface area contributed by atoms with Gasteiger partial charge in [0, 0.05) is 12.1 Å². The van der Waals surface area contributed by atoms with E-state index in [0.29, 0.717) is 11.7 Å². The monoisotopic (exact) mass is 301 g/mol. The molecule has 1 aromatic heterocycles. The molecule has 4 nitrogen and oxygen atoms in total. The van der Waals surface area contributed by atoms with Crippen LogP contribution in [-0.2, 0) is 6.54 Å². The maximum atomic E-state index is 5.49. The second-order valence-electron chi connectivity index (χ2n) is 4.80. The Bertz CT molecular complexity index is 647. The predicted molar refractivity (Wildman–Crippen MR) is 89.4 cm³/mol. The third-order valence-electron chi connectivity index (χ3n) is 3.05. The lowest BCUT2D eigenvalue weighted by molar-refractivity contribution is 0.504. The summed E-state index contributed by atoms with van der Waals surface area (Å²) in [5.41, 5.74) is 5.86. The van der Waals surface area contributed by atoms with E-state index in [2.05, 4.69) is 15.8 Å². The van der Waals surface area contributed by atoms with Crippen LogP contribution in [0.5, 0.6) is 0 Å². The standard InChI is InChI=1S/C16H19N3OS/c1-11-9-15(13(3)20-11)12(2)18-19-16(21)17-10-14-7-5-4-6-8-14/h4-9H,10H2,1-3H3,(H2,17,19,21)/b18-12-. The SMILES string of the molecule is C/C(=N/NC(=S)NCc1ccccc1)c1cc(C)oc1C. The average Bonchev–Trinajstić information content (AvgIpc) is 2.82. The number of furan rings is 1. The van der Waals surface area contributed by atoms with Crippen molar-refractivity contribution in [3.8, 4) is 0 Å². The Morgan fingerprint density at radius 2 is 1.95 bits per heavy atom. The molecule has 0 aliphatic carbocycles. The number of hydrogen-bond acceptors (Lipinski definition) is 3. The molecule has 0 spiro atoms. The van der Waals surface area contributed by atoms with Gasteiger partial charge in [0.15, 0.2) is 5.11 Å². The second kappa shape index (κ2) is 7.04. The zero-order chi connectivity index (χ0) is 15.2. The summed E-state index contributed by atoms with van der Waals surface area (Å²) in [7, 11) is 0. The van der Waals surface area contributed by atoms with Crippen molar-refractivity contribution >= 4 is 23.0 Å². The summed E-state index contributed by atoms with van der Waals surface area (Å²) in [6.45, 7) is 6.44. The highest BCUT2D eigenvalue weighted by Crippen LogP contribution is 2.14. The van der Waals surface area contributed by atoms with Crippen molar-refractivity contribution in [2.75, 3.05) is 0 Å². The average molecular weight is 301 g/mol. The molecule has 2 rings (SSSR count). The lowest BCUT2D eigenvalue weighted by atomic mass is 10.2. The molecule has 0 aliphatic rings. The normalized spacial score (nSPS) is 11.3. The van der Waals surface area contributed by atoms with E-state index in [-0.39, 0.29) is 0 Å². The van der Waals surface area contributed by atoms with Gasteiger partial charge in [0.2, 0.25) is 0 Å². The Morgan fingerprint density at radius 1 is 1.24 bits per heavy atom. The summed E-state index contributed by atoms with van der Waals surface area (Å²) in [6.07, 6.45) is 0. The molecule has 0 atom stereocenters. The number of hydrogen-bond donors (Lipinski definition) is 2. The Balaban J connectivity index is 1.88. The van der Waals surface area contributed by atoms with E-state index in [1.807, 2.05) is 57.2 Å². The van der Waals surface area contributed by atoms with Gasteiger partial charge in [-0.25, -0.2) is 0 Å². The largest absolute Gasteiger partial charge is 0.466 e. The van der Waals surface area contributed by atoms with Gasteiger partial charge in [-0.2, -0.15) is 5.10 Å². The molecule has 110 valence electrons. The van der Waals surface area contributed by atoms with E-state index in [1.165, 1.54) is 5.56 Å². The fourth-order valence-corrected chi connectivity index (χ4v) is 2.12. The van der Waals surface area contributed by atoms with Gasteiger partial charge in [0.25, 0.3) is 0 Å². The summed E-state index contributed by atoms with van der Waals surface area (Å²) >= 11 is 5.21. The molecule has 0 saturated carbocycles. The van der Waals surface area contributed by atoms with Gasteiger partial charge in [0.1, 0.15) is 11.5 Å². The van der Waals surface area contributed by atoms with E-state index in [0.717, 1.165) is 22.8 Å². The first-order valence-corrected chi connectivity index (χ1v) is 7.16. The first kappa shape index (κ1) is 15.3. The van der Waals surface area contributed by atoms with Crippen LogP contribution in [0, 0.1) is 13.8 Å². The molecule has 1 aromatic carbocycles. The van der Waals surface area contributed by atoms with Crippen LogP contribution in [0.25, 0.3) is 0 Å². The molecule has 0 fully saturated rings. The number of nitrogens with zero attached hydrogens (tertiary/aromatic N) is 1. The Labute approximate surface area is 130 Å². The first-order chi connectivity index (χ1) is 10.1. The molecular formula is C16H19N3OS. The van der Waals surface area contributed by atoms with Crippen molar-refractivity contribution in [2.45, 2.75) is 27.3 Å². The molecule has 2 N–H and O–H groups in total. The smallest absolute Gasteiger partial charge is 0.187 e. The minimum atomic E-state index is 0.496. The molecule has 2 aromatic rings. The van der Waals surface area contributed by atoms with Gasteiger partial charge < -0.3 is 9.73 Å². The summed E-state index contributed by atoms with van der Waals surface area (Å²) < 4.78 is 5.49.